The van der Waals surface area contributed by atoms with Crippen molar-refractivity contribution < 1.29 is 4.42 Å². The molecule has 2 aromatic rings. The molecule has 1 aromatic heterocycles. The molecule has 3 rings (SSSR count). The number of oxazole rings is 1. The molecule has 2 heteroatoms. The lowest BCUT2D eigenvalue weighted by Gasteiger charge is -2.24. The Balaban J connectivity index is 2.26. The summed E-state index contributed by atoms with van der Waals surface area (Å²) in [6, 6.07) is 4.52. The minimum Gasteiger partial charge on any atom is -0.440 e. The number of nitrogens with zero attached hydrogens (tertiary/aromatic N) is 1. The summed E-state index contributed by atoms with van der Waals surface area (Å²) in [5.74, 6) is 1.50. The molecular weight excluding hydrogens is 246 g/mol. The molecule has 0 atom stereocenters. The van der Waals surface area contributed by atoms with Gasteiger partial charge in [-0.05, 0) is 35.3 Å². The Morgan fingerprint density at radius 3 is 2.15 bits per heavy atom. The zero-order valence-electron chi connectivity index (χ0n) is 13.5. The van der Waals surface area contributed by atoms with Gasteiger partial charge in [-0.25, -0.2) is 4.98 Å². The van der Waals surface area contributed by atoms with E-state index in [1.165, 1.54) is 24.0 Å². The predicted molar refractivity (Wildman–Crippen MR) is 83.4 cm³/mol. The third-order valence-electron chi connectivity index (χ3n) is 4.11. The van der Waals surface area contributed by atoms with Crippen LogP contribution >= 0.6 is 0 Å². The van der Waals surface area contributed by atoms with E-state index in [-0.39, 0.29) is 10.8 Å². The van der Waals surface area contributed by atoms with Gasteiger partial charge < -0.3 is 4.42 Å². The molecule has 2 nitrogen and oxygen atoms in total. The van der Waals surface area contributed by atoms with Crippen molar-refractivity contribution in [3.63, 3.8) is 0 Å². The van der Waals surface area contributed by atoms with Crippen LogP contribution in [-0.2, 0) is 10.8 Å². The van der Waals surface area contributed by atoms with Crippen molar-refractivity contribution in [3.8, 4) is 0 Å². The lowest BCUT2D eigenvalue weighted by molar-refractivity contribution is 0.512. The van der Waals surface area contributed by atoms with Gasteiger partial charge in [0.15, 0.2) is 11.5 Å². The van der Waals surface area contributed by atoms with Crippen LogP contribution in [0.15, 0.2) is 16.5 Å². The first-order valence-corrected chi connectivity index (χ1v) is 7.62. The van der Waals surface area contributed by atoms with Crippen LogP contribution in [0, 0.1) is 0 Å². The van der Waals surface area contributed by atoms with Crippen molar-refractivity contribution >= 4 is 11.1 Å². The normalized spacial score (nSPS) is 16.9. The summed E-state index contributed by atoms with van der Waals surface area (Å²) < 4.78 is 6.11. The summed E-state index contributed by atoms with van der Waals surface area (Å²) in [7, 11) is 0. The molecule has 1 aliphatic carbocycles. The quantitative estimate of drug-likeness (QED) is 0.703. The van der Waals surface area contributed by atoms with Crippen molar-refractivity contribution in [1.29, 1.82) is 0 Å². The van der Waals surface area contributed by atoms with E-state index in [1.54, 1.807) is 0 Å². The Hall–Kier alpha value is -1.31. The molecule has 1 saturated carbocycles. The highest BCUT2D eigenvalue weighted by Gasteiger charge is 2.31. The van der Waals surface area contributed by atoms with E-state index in [0.717, 1.165) is 17.0 Å². The van der Waals surface area contributed by atoms with Crippen molar-refractivity contribution in [1.82, 2.24) is 4.98 Å². The van der Waals surface area contributed by atoms with Crippen LogP contribution in [0.25, 0.3) is 11.1 Å². The lowest BCUT2D eigenvalue weighted by atomic mass is 9.80. The maximum atomic E-state index is 6.11. The SMILES string of the molecule is CC(C)(C)c1cc(C(C)(C)C)c2oc(C3CC3)nc2c1. The molecule has 0 unspecified atom stereocenters. The highest BCUT2D eigenvalue weighted by atomic mass is 16.3. The molecule has 0 radical (unpaired) electrons. The molecule has 0 bridgehead atoms. The Morgan fingerprint density at radius 1 is 1.00 bits per heavy atom. The molecular formula is C18H25NO. The summed E-state index contributed by atoms with van der Waals surface area (Å²) in [5, 5.41) is 0. The second-order valence-electron chi connectivity index (χ2n) is 8.20. The van der Waals surface area contributed by atoms with Crippen LogP contribution in [0.4, 0.5) is 0 Å². The fourth-order valence-electron chi connectivity index (χ4n) is 2.54. The van der Waals surface area contributed by atoms with Crippen molar-refractivity contribution in [2.24, 2.45) is 0 Å². The smallest absolute Gasteiger partial charge is 0.198 e. The average Bonchev–Trinajstić information content (AvgIpc) is 3.04. The van der Waals surface area contributed by atoms with E-state index in [2.05, 4.69) is 53.7 Å². The van der Waals surface area contributed by atoms with Gasteiger partial charge in [-0.15, -0.1) is 0 Å². The van der Waals surface area contributed by atoms with E-state index in [1.807, 2.05) is 0 Å². The van der Waals surface area contributed by atoms with E-state index < -0.39 is 0 Å². The molecule has 1 heterocycles. The molecule has 0 amide bonds. The van der Waals surface area contributed by atoms with E-state index in [9.17, 15) is 0 Å². The third kappa shape index (κ3) is 2.36. The highest BCUT2D eigenvalue weighted by molar-refractivity contribution is 5.79. The first-order chi connectivity index (χ1) is 9.16. The van der Waals surface area contributed by atoms with Crippen LogP contribution in [0.2, 0.25) is 0 Å². The molecule has 1 aliphatic rings. The second kappa shape index (κ2) is 4.09. The first kappa shape index (κ1) is 13.7. The molecule has 0 N–H and O–H groups in total. The number of aromatic nitrogens is 1. The molecule has 0 spiro atoms. The van der Waals surface area contributed by atoms with Gasteiger partial charge in [0.25, 0.3) is 0 Å². The monoisotopic (exact) mass is 271 g/mol. The summed E-state index contributed by atoms with van der Waals surface area (Å²) in [5.41, 5.74) is 4.84. The van der Waals surface area contributed by atoms with Crippen molar-refractivity contribution in [2.75, 3.05) is 0 Å². The van der Waals surface area contributed by atoms with Crippen LogP contribution in [0.3, 0.4) is 0 Å². The first-order valence-electron chi connectivity index (χ1n) is 7.62. The van der Waals surface area contributed by atoms with Crippen LogP contribution in [0.5, 0.6) is 0 Å². The summed E-state index contributed by atoms with van der Waals surface area (Å²) in [6.45, 7) is 13.5. The number of hydrogen-bond acceptors (Lipinski definition) is 2. The van der Waals surface area contributed by atoms with Gasteiger partial charge in [-0.1, -0.05) is 47.6 Å². The summed E-state index contributed by atoms with van der Waals surface area (Å²) >= 11 is 0. The molecule has 1 fully saturated rings. The predicted octanol–water partition coefficient (Wildman–Crippen LogP) is 5.30. The van der Waals surface area contributed by atoms with Gasteiger partial charge in [0, 0.05) is 11.5 Å². The van der Waals surface area contributed by atoms with Crippen molar-refractivity contribution in [3.05, 3.63) is 29.2 Å². The largest absolute Gasteiger partial charge is 0.440 e. The Bertz CT molecular complexity index is 648. The maximum Gasteiger partial charge on any atom is 0.198 e. The van der Waals surface area contributed by atoms with Crippen LogP contribution < -0.4 is 0 Å². The standard InChI is InChI=1S/C18H25NO/c1-17(2,3)12-9-13(18(4,5)6)15-14(10-12)19-16(20-15)11-7-8-11/h9-11H,7-8H2,1-6H3. The minimum atomic E-state index is 0.0693. The number of hydrogen-bond donors (Lipinski definition) is 0. The number of rotatable bonds is 1. The lowest BCUT2D eigenvalue weighted by Crippen LogP contribution is -2.16. The van der Waals surface area contributed by atoms with Gasteiger partial charge in [0.1, 0.15) is 5.52 Å². The number of fused-ring (bicyclic) bond motifs is 1. The second-order valence-corrected chi connectivity index (χ2v) is 8.20. The Morgan fingerprint density at radius 2 is 1.65 bits per heavy atom. The topological polar surface area (TPSA) is 26.0 Å². The Kier molecular flexibility index (Phi) is 2.80. The molecule has 20 heavy (non-hydrogen) atoms. The maximum absolute atomic E-state index is 6.11. The molecule has 0 saturated heterocycles. The number of benzene rings is 1. The van der Waals surface area contributed by atoms with E-state index in [0.29, 0.717) is 5.92 Å². The zero-order valence-corrected chi connectivity index (χ0v) is 13.5. The summed E-state index contributed by atoms with van der Waals surface area (Å²) in [6.07, 6.45) is 2.45. The van der Waals surface area contributed by atoms with Gasteiger partial charge in [0.05, 0.1) is 0 Å². The minimum absolute atomic E-state index is 0.0693. The molecule has 0 aliphatic heterocycles. The van der Waals surface area contributed by atoms with Crippen LogP contribution in [-0.4, -0.2) is 4.98 Å². The fraction of sp³-hybridized carbons (Fsp3) is 0.611. The average molecular weight is 271 g/mol. The van der Waals surface area contributed by atoms with Gasteiger partial charge in [-0.3, -0.25) is 0 Å². The third-order valence-corrected chi connectivity index (χ3v) is 4.11. The van der Waals surface area contributed by atoms with Crippen molar-refractivity contribution in [2.45, 2.75) is 71.1 Å². The summed E-state index contributed by atoms with van der Waals surface area (Å²) in [4.78, 5) is 4.76. The van der Waals surface area contributed by atoms with Gasteiger partial charge >= 0.3 is 0 Å². The fourth-order valence-corrected chi connectivity index (χ4v) is 2.54. The zero-order chi connectivity index (χ0) is 14.7. The van der Waals surface area contributed by atoms with E-state index in [4.69, 9.17) is 9.40 Å². The highest BCUT2D eigenvalue weighted by Crippen LogP contribution is 2.43. The van der Waals surface area contributed by atoms with E-state index >= 15 is 0 Å². The Labute approximate surface area is 121 Å². The molecule has 108 valence electrons. The van der Waals surface area contributed by atoms with Gasteiger partial charge in [0.2, 0.25) is 0 Å². The molecule has 1 aromatic carbocycles. The van der Waals surface area contributed by atoms with Gasteiger partial charge in [-0.2, -0.15) is 0 Å². The van der Waals surface area contributed by atoms with Crippen LogP contribution in [0.1, 0.15) is 77.3 Å².